The second-order valence-electron chi connectivity index (χ2n) is 7.43. The Morgan fingerprint density at radius 1 is 1.17 bits per heavy atom. The van der Waals surface area contributed by atoms with Gasteiger partial charge in [0.2, 0.25) is 5.91 Å². The second-order valence-corrected chi connectivity index (χ2v) is 8.28. The molecule has 1 N–H and O–H groups in total. The summed E-state index contributed by atoms with van der Waals surface area (Å²) in [7, 11) is 0. The van der Waals surface area contributed by atoms with Crippen LogP contribution in [0.25, 0.3) is 0 Å². The van der Waals surface area contributed by atoms with Crippen molar-refractivity contribution < 1.29 is 18.0 Å². The molecule has 3 rings (SSSR count). The fraction of sp³-hybridized carbons (Fsp3) is 0.429. The Hall–Kier alpha value is -2.13. The molecule has 1 amide bonds. The number of nitrogens with zero attached hydrogens (tertiary/aromatic N) is 3. The standard InChI is InChI=1S/C21H24BrF3N4O/c1-14-4-6-18(17(22)12-14)27-20(30)15(2)28-8-3-9-29(11-10-28)19-7-5-16(13-26-19)21(23,24)25/h4-7,12-13,15H,3,8-11H2,1-2H3,(H,27,30)/t15-/m1/s1. The first-order valence-corrected chi connectivity index (χ1v) is 10.5. The van der Waals surface area contributed by atoms with E-state index in [9.17, 15) is 18.0 Å². The minimum Gasteiger partial charge on any atom is -0.355 e. The molecule has 0 radical (unpaired) electrons. The molecule has 0 bridgehead atoms. The second kappa shape index (κ2) is 9.34. The molecule has 2 heterocycles. The van der Waals surface area contributed by atoms with Crippen molar-refractivity contribution >= 4 is 33.3 Å². The van der Waals surface area contributed by atoms with Crippen molar-refractivity contribution in [2.24, 2.45) is 0 Å². The van der Waals surface area contributed by atoms with Gasteiger partial charge in [-0.05, 0) is 66.0 Å². The van der Waals surface area contributed by atoms with Gasteiger partial charge in [0.1, 0.15) is 5.82 Å². The molecule has 1 atom stereocenters. The number of carbonyl (C=O) groups excluding carboxylic acids is 1. The largest absolute Gasteiger partial charge is 0.417 e. The number of hydrogen-bond donors (Lipinski definition) is 1. The van der Waals surface area contributed by atoms with Crippen LogP contribution in [0.15, 0.2) is 41.0 Å². The van der Waals surface area contributed by atoms with Crippen LogP contribution in [0.1, 0.15) is 24.5 Å². The SMILES string of the molecule is Cc1ccc(NC(=O)[C@@H](C)N2CCCN(c3ccc(C(F)(F)F)cn3)CC2)c(Br)c1. The monoisotopic (exact) mass is 484 g/mol. The van der Waals surface area contributed by atoms with Gasteiger partial charge in [0.25, 0.3) is 0 Å². The summed E-state index contributed by atoms with van der Waals surface area (Å²) in [6.07, 6.45) is -2.74. The maximum absolute atomic E-state index is 12.7. The number of pyridine rings is 1. The third-order valence-electron chi connectivity index (χ3n) is 5.24. The number of alkyl halides is 3. The van der Waals surface area contributed by atoms with E-state index in [0.717, 1.165) is 41.0 Å². The molecule has 30 heavy (non-hydrogen) atoms. The quantitative estimate of drug-likeness (QED) is 0.682. The van der Waals surface area contributed by atoms with Gasteiger partial charge in [0.05, 0.1) is 17.3 Å². The predicted molar refractivity (Wildman–Crippen MR) is 115 cm³/mol. The Balaban J connectivity index is 1.60. The summed E-state index contributed by atoms with van der Waals surface area (Å²) in [5, 5.41) is 2.96. The number of anilines is 2. The average Bonchev–Trinajstić information content (AvgIpc) is 2.95. The van der Waals surface area contributed by atoms with Crippen LogP contribution in [0.4, 0.5) is 24.7 Å². The van der Waals surface area contributed by atoms with Crippen LogP contribution in [0.2, 0.25) is 0 Å². The van der Waals surface area contributed by atoms with Crippen molar-refractivity contribution in [2.45, 2.75) is 32.5 Å². The first-order chi connectivity index (χ1) is 14.1. The lowest BCUT2D eigenvalue weighted by atomic mass is 10.2. The van der Waals surface area contributed by atoms with Crippen LogP contribution in [0.3, 0.4) is 0 Å². The number of hydrogen-bond acceptors (Lipinski definition) is 4. The van der Waals surface area contributed by atoms with Gasteiger partial charge in [0.15, 0.2) is 0 Å². The number of aromatic nitrogens is 1. The lowest BCUT2D eigenvalue weighted by Gasteiger charge is -2.27. The van der Waals surface area contributed by atoms with E-state index < -0.39 is 11.7 Å². The van der Waals surface area contributed by atoms with Crippen LogP contribution in [-0.2, 0) is 11.0 Å². The van der Waals surface area contributed by atoms with Crippen molar-refractivity contribution in [2.75, 3.05) is 36.4 Å². The normalized spacial score (nSPS) is 16.8. The zero-order chi connectivity index (χ0) is 21.9. The van der Waals surface area contributed by atoms with Gasteiger partial charge < -0.3 is 10.2 Å². The van der Waals surface area contributed by atoms with E-state index in [1.165, 1.54) is 6.07 Å². The van der Waals surface area contributed by atoms with E-state index >= 15 is 0 Å². The molecule has 0 unspecified atom stereocenters. The van der Waals surface area contributed by atoms with Crippen molar-refractivity contribution in [3.63, 3.8) is 0 Å². The fourth-order valence-electron chi connectivity index (χ4n) is 3.42. The molecule has 1 aromatic carbocycles. The van der Waals surface area contributed by atoms with Crippen LogP contribution in [-0.4, -0.2) is 48.0 Å². The molecule has 1 fully saturated rings. The summed E-state index contributed by atoms with van der Waals surface area (Å²) in [6, 6.07) is 7.88. The lowest BCUT2D eigenvalue weighted by Crippen LogP contribution is -2.44. The highest BCUT2D eigenvalue weighted by Gasteiger charge is 2.31. The Morgan fingerprint density at radius 3 is 2.57 bits per heavy atom. The topological polar surface area (TPSA) is 48.5 Å². The Kier molecular flexibility index (Phi) is 7.02. The molecule has 1 aromatic heterocycles. The lowest BCUT2D eigenvalue weighted by molar-refractivity contribution is -0.137. The molecule has 5 nitrogen and oxygen atoms in total. The molecule has 2 aromatic rings. The molecule has 1 aliphatic rings. The van der Waals surface area contributed by atoms with Crippen molar-refractivity contribution in [1.29, 1.82) is 0 Å². The van der Waals surface area contributed by atoms with Crippen molar-refractivity contribution in [3.05, 3.63) is 52.1 Å². The first-order valence-electron chi connectivity index (χ1n) is 9.74. The fourth-order valence-corrected chi connectivity index (χ4v) is 4.01. The molecular formula is C21H24BrF3N4O. The van der Waals surface area contributed by atoms with E-state index in [0.29, 0.717) is 25.5 Å². The number of carbonyl (C=O) groups is 1. The molecular weight excluding hydrogens is 461 g/mol. The average molecular weight is 485 g/mol. The summed E-state index contributed by atoms with van der Waals surface area (Å²) in [6.45, 7) is 6.45. The summed E-state index contributed by atoms with van der Waals surface area (Å²) in [5.41, 5.74) is 1.07. The molecule has 1 saturated heterocycles. The summed E-state index contributed by atoms with van der Waals surface area (Å²) in [4.78, 5) is 20.8. The van der Waals surface area contributed by atoms with Crippen LogP contribution in [0.5, 0.6) is 0 Å². The zero-order valence-corrected chi connectivity index (χ0v) is 18.4. The van der Waals surface area contributed by atoms with E-state index in [1.54, 1.807) is 0 Å². The number of nitrogens with one attached hydrogen (secondary N) is 1. The molecule has 0 spiro atoms. The van der Waals surface area contributed by atoms with E-state index in [4.69, 9.17) is 0 Å². The highest BCUT2D eigenvalue weighted by Crippen LogP contribution is 2.29. The van der Waals surface area contributed by atoms with Gasteiger partial charge in [-0.3, -0.25) is 9.69 Å². The van der Waals surface area contributed by atoms with Gasteiger partial charge in [-0.25, -0.2) is 4.98 Å². The number of amides is 1. The van der Waals surface area contributed by atoms with Gasteiger partial charge in [-0.1, -0.05) is 6.07 Å². The van der Waals surface area contributed by atoms with Gasteiger partial charge in [-0.2, -0.15) is 13.2 Å². The Bertz CT molecular complexity index is 889. The number of rotatable bonds is 4. The highest BCUT2D eigenvalue weighted by molar-refractivity contribution is 9.10. The molecule has 0 saturated carbocycles. The molecule has 0 aliphatic carbocycles. The third-order valence-corrected chi connectivity index (χ3v) is 5.90. The Labute approximate surface area is 182 Å². The van der Waals surface area contributed by atoms with Crippen LogP contribution in [0, 0.1) is 6.92 Å². The number of halogens is 4. The maximum Gasteiger partial charge on any atom is 0.417 e. The zero-order valence-electron chi connectivity index (χ0n) is 16.8. The van der Waals surface area contributed by atoms with Gasteiger partial charge >= 0.3 is 6.18 Å². The third kappa shape index (κ3) is 5.51. The van der Waals surface area contributed by atoms with Crippen LogP contribution >= 0.6 is 15.9 Å². The molecule has 162 valence electrons. The number of aryl methyl sites for hydroxylation is 1. The van der Waals surface area contributed by atoms with Crippen molar-refractivity contribution in [1.82, 2.24) is 9.88 Å². The van der Waals surface area contributed by atoms with E-state index in [1.807, 2.05) is 36.9 Å². The maximum atomic E-state index is 12.7. The highest BCUT2D eigenvalue weighted by atomic mass is 79.9. The van der Waals surface area contributed by atoms with E-state index in [-0.39, 0.29) is 11.9 Å². The smallest absolute Gasteiger partial charge is 0.355 e. The summed E-state index contributed by atoms with van der Waals surface area (Å²) in [5.74, 6) is 0.422. The minimum absolute atomic E-state index is 0.0966. The predicted octanol–water partition coefficient (Wildman–Crippen LogP) is 4.71. The summed E-state index contributed by atoms with van der Waals surface area (Å²) < 4.78 is 39.1. The molecule has 9 heteroatoms. The number of benzene rings is 1. The first kappa shape index (κ1) is 22.6. The minimum atomic E-state index is -4.39. The Morgan fingerprint density at radius 2 is 1.93 bits per heavy atom. The summed E-state index contributed by atoms with van der Waals surface area (Å²) >= 11 is 3.47. The van der Waals surface area contributed by atoms with Gasteiger partial charge in [0, 0.05) is 36.8 Å². The van der Waals surface area contributed by atoms with Gasteiger partial charge in [-0.15, -0.1) is 0 Å². The van der Waals surface area contributed by atoms with E-state index in [2.05, 4.69) is 31.1 Å². The van der Waals surface area contributed by atoms with Crippen LogP contribution < -0.4 is 10.2 Å². The van der Waals surface area contributed by atoms with Crippen molar-refractivity contribution in [3.8, 4) is 0 Å². The molecule has 1 aliphatic heterocycles.